The molecule has 7 nitrogen and oxygen atoms in total. The first-order valence-electron chi connectivity index (χ1n) is 8.95. The molecule has 3 rings (SSSR count). The zero-order valence-electron chi connectivity index (χ0n) is 16.0. The number of hydrogen-bond acceptors (Lipinski definition) is 6. The highest BCUT2D eigenvalue weighted by Crippen LogP contribution is 2.39. The number of carbonyl (C=O) groups excluding carboxylic acids is 1. The van der Waals surface area contributed by atoms with Gasteiger partial charge in [-0.1, -0.05) is 12.1 Å². The highest BCUT2D eigenvalue weighted by molar-refractivity contribution is 6.07. The van der Waals surface area contributed by atoms with Crippen LogP contribution in [0.25, 0.3) is 10.9 Å². The number of nitro groups is 1. The molecule has 3 aromatic rings. The number of nitrogens with zero attached hydrogens (tertiary/aromatic N) is 2. The van der Waals surface area contributed by atoms with Gasteiger partial charge in [0.25, 0.3) is 5.69 Å². The van der Waals surface area contributed by atoms with E-state index in [-0.39, 0.29) is 35.3 Å². The van der Waals surface area contributed by atoms with E-state index < -0.39 is 34.1 Å². The minimum atomic E-state index is -4.87. The maximum Gasteiger partial charge on any atom is 0.416 e. The van der Waals surface area contributed by atoms with Crippen LogP contribution in [0.5, 0.6) is 0 Å². The second-order valence-electron chi connectivity index (χ2n) is 6.39. The molecule has 1 aromatic heterocycles. The van der Waals surface area contributed by atoms with Gasteiger partial charge in [-0.05, 0) is 30.7 Å². The molecule has 1 heterocycles. The first-order chi connectivity index (χ1) is 14.6. The van der Waals surface area contributed by atoms with Gasteiger partial charge in [0.15, 0.2) is 0 Å². The molecule has 0 spiro atoms. The van der Waals surface area contributed by atoms with Crippen molar-refractivity contribution in [3.8, 4) is 0 Å². The fourth-order valence-corrected chi connectivity index (χ4v) is 2.93. The maximum absolute atomic E-state index is 13.4. The summed E-state index contributed by atoms with van der Waals surface area (Å²) >= 11 is 0. The van der Waals surface area contributed by atoms with Gasteiger partial charge in [0, 0.05) is 24.2 Å². The van der Waals surface area contributed by atoms with Crippen molar-refractivity contribution in [3.63, 3.8) is 0 Å². The van der Waals surface area contributed by atoms with Crippen molar-refractivity contribution in [2.45, 2.75) is 19.6 Å². The average Bonchev–Trinajstić information content (AvgIpc) is 2.71. The summed E-state index contributed by atoms with van der Waals surface area (Å²) in [5.74, 6) is -1.34. The SMILES string of the molecule is CCOC(=O)c1cnc2c([N+](=O)[O-])cc(C(F)(F)F)cc2c1NCc1ccc(F)cc1. The van der Waals surface area contributed by atoms with Crippen molar-refractivity contribution < 1.29 is 32.0 Å². The maximum atomic E-state index is 13.4. The fourth-order valence-electron chi connectivity index (χ4n) is 2.93. The highest BCUT2D eigenvalue weighted by atomic mass is 19.4. The summed E-state index contributed by atoms with van der Waals surface area (Å²) in [6.45, 7) is 1.54. The van der Waals surface area contributed by atoms with E-state index in [1.54, 1.807) is 6.92 Å². The molecule has 0 atom stereocenters. The number of halogens is 4. The number of non-ortho nitro benzene ring substituents is 1. The molecule has 0 saturated heterocycles. The minimum absolute atomic E-state index is 0.00297. The third-order valence-electron chi connectivity index (χ3n) is 4.35. The third kappa shape index (κ3) is 4.71. The fraction of sp³-hybridized carbons (Fsp3) is 0.200. The van der Waals surface area contributed by atoms with E-state index in [0.717, 1.165) is 6.20 Å². The van der Waals surface area contributed by atoms with Crippen molar-refractivity contribution in [3.05, 3.63) is 75.2 Å². The predicted molar refractivity (Wildman–Crippen MR) is 103 cm³/mol. The average molecular weight is 437 g/mol. The van der Waals surface area contributed by atoms with E-state index in [4.69, 9.17) is 4.74 Å². The van der Waals surface area contributed by atoms with E-state index in [1.165, 1.54) is 24.3 Å². The van der Waals surface area contributed by atoms with Gasteiger partial charge in [-0.15, -0.1) is 0 Å². The van der Waals surface area contributed by atoms with E-state index >= 15 is 0 Å². The molecule has 0 saturated carbocycles. The third-order valence-corrected chi connectivity index (χ3v) is 4.35. The Labute approximate surface area is 172 Å². The highest BCUT2D eigenvalue weighted by Gasteiger charge is 2.34. The smallest absolute Gasteiger partial charge is 0.416 e. The molecule has 1 N–H and O–H groups in total. The van der Waals surface area contributed by atoms with Crippen molar-refractivity contribution in [1.29, 1.82) is 0 Å². The molecule has 0 aliphatic carbocycles. The number of aromatic nitrogens is 1. The lowest BCUT2D eigenvalue weighted by molar-refractivity contribution is -0.383. The molecular weight excluding hydrogens is 422 g/mol. The number of hydrogen-bond donors (Lipinski definition) is 1. The van der Waals surface area contributed by atoms with Gasteiger partial charge < -0.3 is 10.1 Å². The van der Waals surface area contributed by atoms with Gasteiger partial charge >= 0.3 is 12.1 Å². The van der Waals surface area contributed by atoms with Gasteiger partial charge in [0.1, 0.15) is 16.9 Å². The van der Waals surface area contributed by atoms with Gasteiger partial charge in [-0.3, -0.25) is 10.1 Å². The van der Waals surface area contributed by atoms with Gasteiger partial charge in [-0.2, -0.15) is 13.2 Å². The molecule has 0 amide bonds. The Morgan fingerprint density at radius 2 is 1.90 bits per heavy atom. The molecule has 11 heteroatoms. The summed E-state index contributed by atoms with van der Waals surface area (Å²) in [4.78, 5) is 26.6. The Morgan fingerprint density at radius 1 is 1.23 bits per heavy atom. The van der Waals surface area contributed by atoms with Crippen LogP contribution in [0.1, 0.15) is 28.4 Å². The van der Waals surface area contributed by atoms with Crippen molar-refractivity contribution >= 4 is 28.2 Å². The topological polar surface area (TPSA) is 94.4 Å². The lowest BCUT2D eigenvalue weighted by Crippen LogP contribution is -2.13. The second-order valence-corrected chi connectivity index (χ2v) is 6.39. The standard InChI is InChI=1S/C20H15F4N3O4/c1-2-31-19(28)15-10-26-18-14(7-12(20(22,23)24)8-16(18)27(29)30)17(15)25-9-11-3-5-13(21)6-4-11/h3-8,10H,2,9H2,1H3,(H,25,26). The summed E-state index contributed by atoms with van der Waals surface area (Å²) in [5.41, 5.74) is -2.19. The number of nitro benzene ring substituents is 1. The Kier molecular flexibility index (Phi) is 6.04. The number of ether oxygens (including phenoxy) is 1. The molecule has 162 valence electrons. The summed E-state index contributed by atoms with van der Waals surface area (Å²) in [7, 11) is 0. The number of esters is 1. The number of alkyl halides is 3. The van der Waals surface area contributed by atoms with Gasteiger partial charge in [0.05, 0.1) is 22.8 Å². The zero-order valence-corrected chi connectivity index (χ0v) is 16.0. The van der Waals surface area contributed by atoms with Crippen molar-refractivity contribution in [2.24, 2.45) is 0 Å². The van der Waals surface area contributed by atoms with Crippen LogP contribution in [0.3, 0.4) is 0 Å². The molecule has 0 aliphatic rings. The molecule has 0 radical (unpaired) electrons. The van der Waals surface area contributed by atoms with Crippen LogP contribution in [-0.4, -0.2) is 22.5 Å². The predicted octanol–water partition coefficient (Wildman–Crippen LogP) is 5.09. The molecule has 0 fully saturated rings. The van der Waals surface area contributed by atoms with E-state index in [9.17, 15) is 32.5 Å². The van der Waals surface area contributed by atoms with Crippen molar-refractivity contribution in [2.75, 3.05) is 11.9 Å². The monoisotopic (exact) mass is 437 g/mol. The van der Waals surface area contributed by atoms with E-state index in [0.29, 0.717) is 17.7 Å². The Hall–Kier alpha value is -3.76. The quantitative estimate of drug-likeness (QED) is 0.250. The van der Waals surface area contributed by atoms with Gasteiger partial charge in [-0.25, -0.2) is 14.2 Å². The first kappa shape index (κ1) is 21.9. The number of anilines is 1. The van der Waals surface area contributed by atoms with Crippen LogP contribution in [0.4, 0.5) is 28.9 Å². The zero-order chi connectivity index (χ0) is 22.8. The number of nitrogens with one attached hydrogen (secondary N) is 1. The van der Waals surface area contributed by atoms with Crippen LogP contribution >= 0.6 is 0 Å². The number of rotatable bonds is 6. The van der Waals surface area contributed by atoms with E-state index in [2.05, 4.69) is 10.3 Å². The number of carbonyl (C=O) groups is 1. The van der Waals surface area contributed by atoms with Crippen LogP contribution < -0.4 is 5.32 Å². The lowest BCUT2D eigenvalue weighted by Gasteiger charge is -2.16. The normalized spacial score (nSPS) is 11.4. The summed E-state index contributed by atoms with van der Waals surface area (Å²) < 4.78 is 58.2. The molecule has 31 heavy (non-hydrogen) atoms. The van der Waals surface area contributed by atoms with E-state index in [1.807, 2.05) is 0 Å². The molecule has 2 aromatic carbocycles. The molecule has 0 bridgehead atoms. The Balaban J connectivity index is 2.22. The molecule has 0 unspecified atom stereocenters. The van der Waals surface area contributed by atoms with Crippen LogP contribution in [-0.2, 0) is 17.5 Å². The minimum Gasteiger partial charge on any atom is -0.462 e. The summed E-state index contributed by atoms with van der Waals surface area (Å²) in [5, 5.41) is 13.9. The molecule has 0 aliphatic heterocycles. The number of benzene rings is 2. The molecular formula is C20H15F4N3O4. The number of fused-ring (bicyclic) bond motifs is 1. The second kappa shape index (κ2) is 8.54. The Morgan fingerprint density at radius 3 is 2.48 bits per heavy atom. The van der Waals surface area contributed by atoms with Gasteiger partial charge in [0.2, 0.25) is 0 Å². The first-order valence-corrected chi connectivity index (χ1v) is 8.95. The van der Waals surface area contributed by atoms with Crippen molar-refractivity contribution in [1.82, 2.24) is 4.98 Å². The lowest BCUT2D eigenvalue weighted by atomic mass is 10.0. The summed E-state index contributed by atoms with van der Waals surface area (Å²) in [6, 6.07) is 6.36. The van der Waals surface area contributed by atoms with Crippen LogP contribution in [0.15, 0.2) is 42.6 Å². The number of pyridine rings is 1. The largest absolute Gasteiger partial charge is 0.462 e. The van der Waals surface area contributed by atoms with Crippen LogP contribution in [0, 0.1) is 15.9 Å². The Bertz CT molecular complexity index is 1150. The summed E-state index contributed by atoms with van der Waals surface area (Å²) in [6.07, 6.45) is -3.86. The van der Waals surface area contributed by atoms with Crippen LogP contribution in [0.2, 0.25) is 0 Å².